The zero-order chi connectivity index (χ0) is 24.4. The summed E-state index contributed by atoms with van der Waals surface area (Å²) < 4.78 is 16.2. The van der Waals surface area contributed by atoms with Gasteiger partial charge in [0.15, 0.2) is 18.1 Å². The number of aldehydes is 1. The number of thiophene rings is 1. The third-order valence-corrected chi connectivity index (χ3v) is 6.73. The molecule has 0 fully saturated rings. The topological polar surface area (TPSA) is 103 Å². The van der Waals surface area contributed by atoms with Crippen LogP contribution >= 0.6 is 11.3 Å². The van der Waals surface area contributed by atoms with E-state index in [4.69, 9.17) is 14.2 Å². The summed E-state index contributed by atoms with van der Waals surface area (Å²) in [6.45, 7) is 9.97. The van der Waals surface area contributed by atoms with Crippen molar-refractivity contribution in [3.8, 4) is 11.5 Å². The van der Waals surface area contributed by atoms with E-state index in [0.29, 0.717) is 40.3 Å². The first-order valence-corrected chi connectivity index (χ1v) is 11.5. The first kappa shape index (κ1) is 24.7. The number of amides is 1. The van der Waals surface area contributed by atoms with Crippen molar-refractivity contribution in [2.24, 2.45) is 0 Å². The van der Waals surface area contributed by atoms with Crippen LogP contribution in [0.1, 0.15) is 65.8 Å². The van der Waals surface area contributed by atoms with Gasteiger partial charge in [0, 0.05) is 21.5 Å². The number of fused-ring (bicyclic) bond motifs is 1. The van der Waals surface area contributed by atoms with E-state index in [1.165, 1.54) is 24.5 Å². The Hall–Kier alpha value is -2.91. The molecule has 0 saturated heterocycles. The van der Waals surface area contributed by atoms with Gasteiger partial charge < -0.3 is 24.8 Å². The van der Waals surface area contributed by atoms with Gasteiger partial charge in [-0.05, 0) is 64.8 Å². The lowest BCUT2D eigenvalue weighted by Crippen LogP contribution is -2.55. The number of nitrogens with one attached hydrogen (secondary N) is 2. The third-order valence-electron chi connectivity index (χ3n) is 5.26. The van der Waals surface area contributed by atoms with E-state index in [1.807, 2.05) is 0 Å². The van der Waals surface area contributed by atoms with Crippen molar-refractivity contribution in [2.45, 2.75) is 52.1 Å². The molecule has 0 bridgehead atoms. The lowest BCUT2D eigenvalue weighted by atomic mass is 9.81. The van der Waals surface area contributed by atoms with Gasteiger partial charge in [-0.2, -0.15) is 0 Å². The van der Waals surface area contributed by atoms with Crippen molar-refractivity contribution < 1.29 is 28.6 Å². The molecule has 3 rings (SSSR count). The average Bonchev–Trinajstić information content (AvgIpc) is 3.09. The molecule has 2 aromatic rings. The molecule has 0 aliphatic carbocycles. The number of ether oxygens (including phenoxy) is 3. The Morgan fingerprint density at radius 3 is 2.58 bits per heavy atom. The number of hydrogen-bond acceptors (Lipinski definition) is 8. The van der Waals surface area contributed by atoms with Crippen molar-refractivity contribution in [1.82, 2.24) is 5.32 Å². The first-order valence-electron chi connectivity index (χ1n) is 10.7. The van der Waals surface area contributed by atoms with Gasteiger partial charge in [-0.15, -0.1) is 11.3 Å². The van der Waals surface area contributed by atoms with Gasteiger partial charge >= 0.3 is 5.97 Å². The Kier molecular flexibility index (Phi) is 7.14. The van der Waals surface area contributed by atoms with Gasteiger partial charge in [0.2, 0.25) is 0 Å². The summed E-state index contributed by atoms with van der Waals surface area (Å²) in [5.74, 6) is -0.195. The van der Waals surface area contributed by atoms with E-state index in [0.717, 1.165) is 10.4 Å². The standard InChI is InChI=1S/C24H30N2O6S/c1-7-31-22(29)19-15-11-23(2,3)26-24(4,5)20(15)33-21(19)25-18(28)13-32-16-9-8-14(12-27)10-17(16)30-6/h8-10,12,26H,7,11,13H2,1-6H3,(H,25,28). The first-order chi connectivity index (χ1) is 15.5. The molecule has 1 aromatic carbocycles. The highest BCUT2D eigenvalue weighted by Crippen LogP contribution is 2.45. The summed E-state index contributed by atoms with van der Waals surface area (Å²) in [5, 5.41) is 6.88. The monoisotopic (exact) mass is 474 g/mol. The average molecular weight is 475 g/mol. The second-order valence-corrected chi connectivity index (χ2v) is 10.0. The zero-order valence-corrected chi connectivity index (χ0v) is 20.6. The summed E-state index contributed by atoms with van der Waals surface area (Å²) in [7, 11) is 1.45. The van der Waals surface area contributed by atoms with Crippen LogP contribution in [0.5, 0.6) is 11.5 Å². The number of carbonyl (C=O) groups is 3. The molecule has 0 spiro atoms. The SMILES string of the molecule is CCOC(=O)c1c(NC(=O)COc2ccc(C=O)cc2OC)sc2c1CC(C)(C)NC2(C)C. The molecule has 2 N–H and O–H groups in total. The van der Waals surface area contributed by atoms with Crippen LogP contribution in [-0.4, -0.2) is 44.0 Å². The smallest absolute Gasteiger partial charge is 0.341 e. The Morgan fingerprint density at radius 2 is 1.94 bits per heavy atom. The van der Waals surface area contributed by atoms with E-state index < -0.39 is 11.9 Å². The number of methoxy groups -OCH3 is 1. The Balaban J connectivity index is 1.86. The lowest BCUT2D eigenvalue weighted by Gasteiger charge is -2.42. The third kappa shape index (κ3) is 5.36. The van der Waals surface area contributed by atoms with Crippen molar-refractivity contribution in [3.05, 3.63) is 39.8 Å². The molecule has 1 aliphatic rings. The summed E-state index contributed by atoms with van der Waals surface area (Å²) in [4.78, 5) is 37.6. The van der Waals surface area contributed by atoms with Gasteiger partial charge in [-0.25, -0.2) is 4.79 Å². The molecular formula is C24H30N2O6S. The highest BCUT2D eigenvalue weighted by molar-refractivity contribution is 7.17. The molecule has 8 nitrogen and oxygen atoms in total. The summed E-state index contributed by atoms with van der Waals surface area (Å²) in [6, 6.07) is 4.68. The largest absolute Gasteiger partial charge is 0.493 e. The Morgan fingerprint density at radius 1 is 1.21 bits per heavy atom. The van der Waals surface area contributed by atoms with Crippen LogP contribution in [0.15, 0.2) is 18.2 Å². The summed E-state index contributed by atoms with van der Waals surface area (Å²) in [5.41, 5.74) is 1.13. The molecule has 0 saturated carbocycles. The molecule has 178 valence electrons. The predicted octanol–water partition coefficient (Wildman–Crippen LogP) is 3.92. The highest BCUT2D eigenvalue weighted by atomic mass is 32.1. The molecule has 9 heteroatoms. The summed E-state index contributed by atoms with van der Waals surface area (Å²) >= 11 is 1.37. The van der Waals surface area contributed by atoms with Gasteiger partial charge in [-0.1, -0.05) is 0 Å². The van der Waals surface area contributed by atoms with Crippen LogP contribution in [0.25, 0.3) is 0 Å². The number of carbonyl (C=O) groups excluding carboxylic acids is 3. The number of hydrogen-bond donors (Lipinski definition) is 2. The predicted molar refractivity (Wildman–Crippen MR) is 127 cm³/mol. The van der Waals surface area contributed by atoms with E-state index in [9.17, 15) is 14.4 Å². The minimum Gasteiger partial charge on any atom is -0.493 e. The minimum atomic E-state index is -0.453. The molecule has 2 heterocycles. The Bertz CT molecular complexity index is 1070. The zero-order valence-electron chi connectivity index (χ0n) is 19.8. The maximum absolute atomic E-state index is 12.9. The fourth-order valence-corrected chi connectivity index (χ4v) is 5.50. The van der Waals surface area contributed by atoms with E-state index in [-0.39, 0.29) is 24.3 Å². The van der Waals surface area contributed by atoms with Crippen LogP contribution < -0.4 is 20.1 Å². The molecular weight excluding hydrogens is 444 g/mol. The van der Waals surface area contributed by atoms with Gasteiger partial charge in [0.1, 0.15) is 11.3 Å². The maximum Gasteiger partial charge on any atom is 0.341 e. The van der Waals surface area contributed by atoms with Crippen molar-refractivity contribution >= 4 is 34.5 Å². The molecule has 1 aromatic heterocycles. The van der Waals surface area contributed by atoms with Crippen LogP contribution in [0.4, 0.5) is 5.00 Å². The van der Waals surface area contributed by atoms with Gasteiger partial charge in [-0.3, -0.25) is 9.59 Å². The summed E-state index contributed by atoms with van der Waals surface area (Å²) in [6.07, 6.45) is 1.33. The normalized spacial score (nSPS) is 15.8. The van der Waals surface area contributed by atoms with E-state index >= 15 is 0 Å². The van der Waals surface area contributed by atoms with Crippen LogP contribution in [-0.2, 0) is 21.5 Å². The number of benzene rings is 1. The van der Waals surface area contributed by atoms with Crippen LogP contribution in [0, 0.1) is 0 Å². The quantitative estimate of drug-likeness (QED) is 0.441. The number of esters is 1. The second-order valence-electron chi connectivity index (χ2n) is 9.01. The highest BCUT2D eigenvalue weighted by Gasteiger charge is 2.42. The van der Waals surface area contributed by atoms with Gasteiger partial charge in [0.05, 0.1) is 19.3 Å². The van der Waals surface area contributed by atoms with Crippen molar-refractivity contribution in [3.63, 3.8) is 0 Å². The van der Waals surface area contributed by atoms with E-state index in [1.54, 1.807) is 19.1 Å². The van der Waals surface area contributed by atoms with E-state index in [2.05, 4.69) is 38.3 Å². The molecule has 0 atom stereocenters. The number of anilines is 1. The van der Waals surface area contributed by atoms with Crippen LogP contribution in [0.3, 0.4) is 0 Å². The molecule has 33 heavy (non-hydrogen) atoms. The molecule has 0 unspecified atom stereocenters. The lowest BCUT2D eigenvalue weighted by molar-refractivity contribution is -0.118. The van der Waals surface area contributed by atoms with Crippen molar-refractivity contribution in [2.75, 3.05) is 25.6 Å². The number of rotatable bonds is 8. The fourth-order valence-electron chi connectivity index (χ4n) is 4.22. The van der Waals surface area contributed by atoms with Crippen LogP contribution in [0.2, 0.25) is 0 Å². The second kappa shape index (κ2) is 9.52. The van der Waals surface area contributed by atoms with Gasteiger partial charge in [0.25, 0.3) is 5.91 Å². The molecule has 1 amide bonds. The molecule has 1 aliphatic heterocycles. The Labute approximate surface area is 197 Å². The minimum absolute atomic E-state index is 0.229. The fraction of sp³-hybridized carbons (Fsp3) is 0.458. The molecule has 0 radical (unpaired) electrons. The van der Waals surface area contributed by atoms with Crippen molar-refractivity contribution in [1.29, 1.82) is 0 Å². The maximum atomic E-state index is 12.9.